The highest BCUT2D eigenvalue weighted by Crippen LogP contribution is 2.11. The molecule has 0 aliphatic carbocycles. The van der Waals surface area contributed by atoms with Crippen molar-refractivity contribution in [3.8, 4) is 6.07 Å². The van der Waals surface area contributed by atoms with Crippen LogP contribution in [0.2, 0.25) is 0 Å². The lowest BCUT2D eigenvalue weighted by Gasteiger charge is -2.02. The lowest BCUT2D eigenvalue weighted by molar-refractivity contribution is 1.33. The molecule has 0 unspecified atom stereocenters. The van der Waals surface area contributed by atoms with Gasteiger partial charge in [-0.05, 0) is 36.2 Å². The molecule has 1 N–H and O–H groups in total. The molecule has 0 saturated heterocycles. The quantitative estimate of drug-likeness (QED) is 0.655. The molecule has 88 valence electrons. The summed E-state index contributed by atoms with van der Waals surface area (Å²) in [6.07, 6.45) is 1.73. The lowest BCUT2D eigenvalue weighted by atomic mass is 10.0. The number of hydrazone groups is 1. The lowest BCUT2D eigenvalue weighted by Crippen LogP contribution is -1.94. The Bertz CT molecular complexity index is 595. The van der Waals surface area contributed by atoms with Gasteiger partial charge in [0.2, 0.25) is 0 Å². The predicted octanol–water partition coefficient (Wildman–Crippen LogP) is 3.31. The van der Waals surface area contributed by atoms with Gasteiger partial charge in [-0.25, -0.2) is 0 Å². The van der Waals surface area contributed by atoms with Crippen LogP contribution in [-0.2, 0) is 0 Å². The van der Waals surface area contributed by atoms with Gasteiger partial charge in [-0.15, -0.1) is 0 Å². The van der Waals surface area contributed by atoms with Gasteiger partial charge in [0.15, 0.2) is 0 Å². The van der Waals surface area contributed by atoms with Crippen molar-refractivity contribution in [2.45, 2.75) is 6.92 Å². The number of hydrogen-bond donors (Lipinski definition) is 1. The highest BCUT2D eigenvalue weighted by Gasteiger charge is 2.00. The van der Waals surface area contributed by atoms with Gasteiger partial charge in [0.05, 0.1) is 23.5 Å². The minimum atomic E-state index is 0.679. The maximum atomic E-state index is 8.94. The summed E-state index contributed by atoms with van der Waals surface area (Å²) in [6.45, 7) is 1.92. The van der Waals surface area contributed by atoms with E-state index in [1.165, 1.54) is 0 Å². The second-order valence-electron chi connectivity index (χ2n) is 3.87. The van der Waals surface area contributed by atoms with Crippen LogP contribution in [0.25, 0.3) is 0 Å². The molecule has 0 aromatic heterocycles. The van der Waals surface area contributed by atoms with Crippen LogP contribution in [0.15, 0.2) is 53.6 Å². The molecule has 0 aliphatic rings. The first-order chi connectivity index (χ1) is 8.81. The maximum absolute atomic E-state index is 8.94. The molecule has 3 heteroatoms. The first kappa shape index (κ1) is 11.9. The molecule has 0 radical (unpaired) electrons. The van der Waals surface area contributed by atoms with Crippen LogP contribution in [-0.4, -0.2) is 6.21 Å². The molecule has 2 aromatic carbocycles. The summed E-state index contributed by atoms with van der Waals surface area (Å²) in [6, 6.07) is 17.5. The number of hydrogen-bond acceptors (Lipinski definition) is 3. The standard InChI is InChI=1S/C15H13N3/c1-12-13(10-16)6-5-7-14(12)11-17-18-15-8-3-2-4-9-15/h2-9,11,18H,1H3. The summed E-state index contributed by atoms with van der Waals surface area (Å²) < 4.78 is 0. The predicted molar refractivity (Wildman–Crippen MR) is 73.6 cm³/mol. The van der Waals surface area contributed by atoms with Crippen LogP contribution >= 0.6 is 0 Å². The van der Waals surface area contributed by atoms with Gasteiger partial charge in [0.25, 0.3) is 0 Å². The summed E-state index contributed by atoms with van der Waals surface area (Å²) in [5, 5.41) is 13.1. The van der Waals surface area contributed by atoms with Crippen molar-refractivity contribution >= 4 is 11.9 Å². The molecule has 18 heavy (non-hydrogen) atoms. The number of anilines is 1. The fourth-order valence-corrected chi connectivity index (χ4v) is 1.60. The van der Waals surface area contributed by atoms with E-state index in [1.54, 1.807) is 12.3 Å². The molecule has 0 atom stereocenters. The van der Waals surface area contributed by atoms with Gasteiger partial charge in [0, 0.05) is 0 Å². The zero-order valence-electron chi connectivity index (χ0n) is 10.1. The van der Waals surface area contributed by atoms with Gasteiger partial charge in [-0.2, -0.15) is 10.4 Å². The SMILES string of the molecule is Cc1c(C#N)cccc1C=NNc1ccccc1. The average Bonchev–Trinajstić information content (AvgIpc) is 2.42. The Morgan fingerprint density at radius 3 is 2.61 bits per heavy atom. The Morgan fingerprint density at radius 1 is 1.11 bits per heavy atom. The number of rotatable bonds is 3. The van der Waals surface area contributed by atoms with Crippen LogP contribution in [0.1, 0.15) is 16.7 Å². The first-order valence-corrected chi connectivity index (χ1v) is 5.65. The van der Waals surface area contributed by atoms with Crippen LogP contribution in [0.5, 0.6) is 0 Å². The van der Waals surface area contributed by atoms with E-state index >= 15 is 0 Å². The number of nitriles is 1. The van der Waals surface area contributed by atoms with E-state index in [2.05, 4.69) is 16.6 Å². The zero-order chi connectivity index (χ0) is 12.8. The van der Waals surface area contributed by atoms with Gasteiger partial charge < -0.3 is 0 Å². The van der Waals surface area contributed by atoms with Crippen LogP contribution < -0.4 is 5.43 Å². The molecule has 0 aliphatic heterocycles. The number of nitrogens with zero attached hydrogens (tertiary/aromatic N) is 2. The second-order valence-corrected chi connectivity index (χ2v) is 3.87. The number of benzene rings is 2. The minimum absolute atomic E-state index is 0.679. The monoisotopic (exact) mass is 235 g/mol. The van der Waals surface area contributed by atoms with Crippen molar-refractivity contribution in [3.63, 3.8) is 0 Å². The van der Waals surface area contributed by atoms with Crippen molar-refractivity contribution in [2.24, 2.45) is 5.10 Å². The second kappa shape index (κ2) is 5.65. The molecule has 3 nitrogen and oxygen atoms in total. The highest BCUT2D eigenvalue weighted by atomic mass is 15.3. The third kappa shape index (κ3) is 2.74. The van der Waals surface area contributed by atoms with Crippen molar-refractivity contribution in [1.82, 2.24) is 0 Å². The van der Waals surface area contributed by atoms with Crippen LogP contribution in [0.3, 0.4) is 0 Å². The fourth-order valence-electron chi connectivity index (χ4n) is 1.60. The normalized spacial score (nSPS) is 10.2. The topological polar surface area (TPSA) is 48.2 Å². The summed E-state index contributed by atoms with van der Waals surface area (Å²) in [5.41, 5.74) is 6.44. The van der Waals surface area contributed by atoms with E-state index in [9.17, 15) is 0 Å². The molecule has 0 amide bonds. The molecular formula is C15H13N3. The van der Waals surface area contributed by atoms with Crippen molar-refractivity contribution in [1.29, 1.82) is 5.26 Å². The van der Waals surface area contributed by atoms with Gasteiger partial charge in [-0.3, -0.25) is 5.43 Å². The molecule has 0 heterocycles. The minimum Gasteiger partial charge on any atom is -0.279 e. The van der Waals surface area contributed by atoms with Crippen LogP contribution in [0, 0.1) is 18.3 Å². The highest BCUT2D eigenvalue weighted by molar-refractivity contribution is 5.83. The van der Waals surface area contributed by atoms with Crippen LogP contribution in [0.4, 0.5) is 5.69 Å². The van der Waals surface area contributed by atoms with E-state index in [0.29, 0.717) is 5.56 Å². The number of nitrogens with one attached hydrogen (secondary N) is 1. The molecule has 0 fully saturated rings. The Labute approximate surface area is 106 Å². The summed E-state index contributed by atoms with van der Waals surface area (Å²) in [4.78, 5) is 0. The fraction of sp³-hybridized carbons (Fsp3) is 0.0667. The van der Waals surface area contributed by atoms with Crippen molar-refractivity contribution < 1.29 is 0 Å². The average molecular weight is 235 g/mol. The van der Waals surface area contributed by atoms with E-state index in [-0.39, 0.29) is 0 Å². The molecule has 2 rings (SSSR count). The van der Waals surface area contributed by atoms with Gasteiger partial charge in [0.1, 0.15) is 0 Å². The third-order valence-electron chi connectivity index (χ3n) is 2.67. The number of para-hydroxylation sites is 1. The largest absolute Gasteiger partial charge is 0.279 e. The Kier molecular flexibility index (Phi) is 3.72. The van der Waals surface area contributed by atoms with Gasteiger partial charge in [-0.1, -0.05) is 30.3 Å². The summed E-state index contributed by atoms with van der Waals surface area (Å²) >= 11 is 0. The Hall–Kier alpha value is -2.60. The van der Waals surface area contributed by atoms with Gasteiger partial charge >= 0.3 is 0 Å². The van der Waals surface area contributed by atoms with E-state index in [4.69, 9.17) is 5.26 Å². The molecule has 2 aromatic rings. The molecular weight excluding hydrogens is 222 g/mol. The van der Waals surface area contributed by atoms with E-state index in [1.807, 2.05) is 49.4 Å². The zero-order valence-corrected chi connectivity index (χ0v) is 10.1. The maximum Gasteiger partial charge on any atom is 0.0994 e. The van der Waals surface area contributed by atoms with E-state index in [0.717, 1.165) is 16.8 Å². The molecule has 0 bridgehead atoms. The summed E-state index contributed by atoms with van der Waals surface area (Å²) in [5.74, 6) is 0. The Balaban J connectivity index is 2.13. The molecule has 0 saturated carbocycles. The first-order valence-electron chi connectivity index (χ1n) is 5.65. The van der Waals surface area contributed by atoms with Crippen molar-refractivity contribution in [3.05, 3.63) is 65.2 Å². The Morgan fingerprint density at radius 2 is 1.89 bits per heavy atom. The molecule has 0 spiro atoms. The smallest absolute Gasteiger partial charge is 0.0994 e. The van der Waals surface area contributed by atoms with Crippen molar-refractivity contribution in [2.75, 3.05) is 5.43 Å². The van der Waals surface area contributed by atoms with E-state index < -0.39 is 0 Å². The third-order valence-corrected chi connectivity index (χ3v) is 2.67. The summed E-state index contributed by atoms with van der Waals surface area (Å²) in [7, 11) is 0.